The minimum Gasteiger partial charge on any atom is -0.459 e. The number of hydrogen-bond acceptors (Lipinski definition) is 12. The van der Waals surface area contributed by atoms with Crippen molar-refractivity contribution < 1.29 is 57.9 Å². The molecule has 2 aliphatic carbocycles. The van der Waals surface area contributed by atoms with Crippen LogP contribution in [0.4, 0.5) is 0 Å². The average Bonchev–Trinajstić information content (AvgIpc) is 3.20. The molecule has 2 fully saturated rings. The largest absolute Gasteiger partial charge is 0.459 e. The summed E-state index contributed by atoms with van der Waals surface area (Å²) in [5.74, 6) is -5.85. The van der Waals surface area contributed by atoms with Gasteiger partial charge in [0.15, 0.2) is 29.5 Å². The summed E-state index contributed by atoms with van der Waals surface area (Å²) in [5, 5.41) is 23.7. The van der Waals surface area contributed by atoms with Gasteiger partial charge in [0, 0.05) is 25.8 Å². The van der Waals surface area contributed by atoms with Gasteiger partial charge in [-0.1, -0.05) is 19.9 Å². The highest BCUT2D eigenvalue weighted by atomic mass is 16.6. The molecular formula is C29H40O12. The minimum absolute atomic E-state index is 0.117. The van der Waals surface area contributed by atoms with E-state index in [0.29, 0.717) is 6.42 Å². The van der Waals surface area contributed by atoms with E-state index in [4.69, 9.17) is 23.7 Å². The second kappa shape index (κ2) is 11.2. The Kier molecular flexibility index (Phi) is 8.82. The maximum absolute atomic E-state index is 13.0. The predicted octanol–water partition coefficient (Wildman–Crippen LogP) is 1.83. The minimum atomic E-state index is -2.58. The first-order valence-corrected chi connectivity index (χ1v) is 13.6. The number of allylic oxidation sites excluding steroid dienone is 1. The maximum atomic E-state index is 13.0. The lowest BCUT2D eigenvalue weighted by Gasteiger charge is -2.42. The van der Waals surface area contributed by atoms with Gasteiger partial charge >= 0.3 is 29.8 Å². The smallest absolute Gasteiger partial charge is 0.341 e. The van der Waals surface area contributed by atoms with Gasteiger partial charge in [0.2, 0.25) is 0 Å². The molecule has 9 atom stereocenters. The molecule has 0 aromatic carbocycles. The van der Waals surface area contributed by atoms with E-state index in [-0.39, 0.29) is 16.7 Å². The van der Waals surface area contributed by atoms with Crippen molar-refractivity contribution in [3.63, 3.8) is 0 Å². The van der Waals surface area contributed by atoms with E-state index in [1.54, 1.807) is 20.8 Å². The molecule has 1 unspecified atom stereocenters. The van der Waals surface area contributed by atoms with Crippen molar-refractivity contribution in [3.8, 4) is 0 Å². The van der Waals surface area contributed by atoms with Crippen molar-refractivity contribution in [2.75, 3.05) is 0 Å². The number of aliphatic hydroxyl groups is 2. The van der Waals surface area contributed by atoms with E-state index in [9.17, 15) is 34.2 Å². The molecule has 3 aliphatic rings. The predicted molar refractivity (Wildman–Crippen MR) is 141 cm³/mol. The third-order valence-corrected chi connectivity index (χ3v) is 8.61. The molecule has 1 aliphatic heterocycles. The standard InChI is InChI=1S/C29H40O12/c1-10-13(3)24(32)38-18-12-27(8,41-17(7)31)20-19(23-29(18,36)28(9,35)26(34)40-23)15(5)21(22(20)37-16(6)30)39-25(33)14(4)11-2/h11,13,18,20-23,35-36H,10,12H2,1-9H3/b14-11-/t13-,18-,20?,21-,22-,23-,27-,28+,29+/m0/s1. The van der Waals surface area contributed by atoms with Crippen molar-refractivity contribution in [1.82, 2.24) is 0 Å². The fourth-order valence-corrected chi connectivity index (χ4v) is 6.01. The van der Waals surface area contributed by atoms with Gasteiger partial charge in [-0.15, -0.1) is 0 Å². The lowest BCUT2D eigenvalue weighted by molar-refractivity contribution is -0.213. The highest BCUT2D eigenvalue weighted by molar-refractivity contribution is 5.88. The molecule has 1 heterocycles. The highest BCUT2D eigenvalue weighted by Crippen LogP contribution is 2.57. The SMILES string of the molecule is C/C=C(/C)C(=O)O[C@H]1C(C)=C2C([C@@H]1OC(C)=O)[C@@](C)(OC(C)=O)C[C@H](OC(=O)[C@@H](C)CC)[C@@]1(O)[C@H]2OC(=O)[C@@]1(C)O. The van der Waals surface area contributed by atoms with Crippen LogP contribution in [0, 0.1) is 11.8 Å². The number of esters is 5. The Bertz CT molecular complexity index is 1200. The number of hydrogen-bond donors (Lipinski definition) is 2. The molecule has 0 bridgehead atoms. The number of carbonyl (C=O) groups excluding carboxylic acids is 5. The summed E-state index contributed by atoms with van der Waals surface area (Å²) in [6.07, 6.45) is -4.28. The molecule has 0 radical (unpaired) electrons. The third-order valence-electron chi connectivity index (χ3n) is 8.61. The monoisotopic (exact) mass is 580 g/mol. The lowest BCUT2D eigenvalue weighted by atomic mass is 9.75. The van der Waals surface area contributed by atoms with Crippen LogP contribution < -0.4 is 0 Å². The molecule has 3 rings (SSSR count). The van der Waals surface area contributed by atoms with E-state index in [2.05, 4.69) is 0 Å². The quantitative estimate of drug-likeness (QED) is 0.194. The van der Waals surface area contributed by atoms with Gasteiger partial charge in [-0.2, -0.15) is 0 Å². The molecule has 1 saturated heterocycles. The first-order chi connectivity index (χ1) is 18.9. The van der Waals surface area contributed by atoms with Crippen LogP contribution in [0.3, 0.4) is 0 Å². The van der Waals surface area contributed by atoms with E-state index in [1.807, 2.05) is 0 Å². The van der Waals surface area contributed by atoms with Gasteiger partial charge in [-0.05, 0) is 52.2 Å². The Balaban J connectivity index is 2.34. The van der Waals surface area contributed by atoms with Gasteiger partial charge in [0.05, 0.1) is 11.8 Å². The molecule has 0 spiro atoms. The summed E-state index contributed by atoms with van der Waals surface area (Å²) in [6, 6.07) is 0. The summed E-state index contributed by atoms with van der Waals surface area (Å²) in [5.41, 5.74) is -6.19. The molecule has 2 N–H and O–H groups in total. The van der Waals surface area contributed by atoms with Gasteiger partial charge in [-0.25, -0.2) is 9.59 Å². The molecule has 12 nitrogen and oxygen atoms in total. The molecule has 12 heteroatoms. The number of fused-ring (bicyclic) bond motifs is 3. The van der Waals surface area contributed by atoms with Crippen LogP contribution in [0.25, 0.3) is 0 Å². The van der Waals surface area contributed by atoms with Crippen LogP contribution in [0.2, 0.25) is 0 Å². The van der Waals surface area contributed by atoms with Crippen molar-refractivity contribution in [2.24, 2.45) is 11.8 Å². The zero-order valence-electron chi connectivity index (χ0n) is 24.9. The van der Waals surface area contributed by atoms with Crippen LogP contribution in [0.5, 0.6) is 0 Å². The van der Waals surface area contributed by atoms with Gasteiger partial charge in [0.1, 0.15) is 11.7 Å². The Morgan fingerprint density at radius 2 is 1.68 bits per heavy atom. The second-order valence-electron chi connectivity index (χ2n) is 11.5. The molecule has 41 heavy (non-hydrogen) atoms. The van der Waals surface area contributed by atoms with Gasteiger partial charge in [0.25, 0.3) is 0 Å². The molecule has 0 aromatic heterocycles. The molecule has 228 valence electrons. The molecule has 0 aromatic rings. The second-order valence-corrected chi connectivity index (χ2v) is 11.5. The van der Waals surface area contributed by atoms with E-state index >= 15 is 0 Å². The zero-order chi connectivity index (χ0) is 31.2. The topological polar surface area (TPSA) is 172 Å². The lowest BCUT2D eigenvalue weighted by Crippen LogP contribution is -2.64. The average molecular weight is 581 g/mol. The van der Waals surface area contributed by atoms with E-state index in [1.165, 1.54) is 26.8 Å². The zero-order valence-corrected chi connectivity index (χ0v) is 24.9. The summed E-state index contributed by atoms with van der Waals surface area (Å²) in [6.45, 7) is 12.9. The first kappa shape index (κ1) is 32.3. The summed E-state index contributed by atoms with van der Waals surface area (Å²) in [7, 11) is 0. The Morgan fingerprint density at radius 3 is 2.20 bits per heavy atom. The fourth-order valence-electron chi connectivity index (χ4n) is 6.01. The number of rotatable bonds is 7. The number of carbonyl (C=O) groups is 5. The van der Waals surface area contributed by atoms with Crippen LogP contribution in [-0.2, 0) is 47.7 Å². The van der Waals surface area contributed by atoms with Gasteiger partial charge in [-0.3, -0.25) is 14.4 Å². The summed E-state index contributed by atoms with van der Waals surface area (Å²) >= 11 is 0. The maximum Gasteiger partial charge on any atom is 0.341 e. The third kappa shape index (κ3) is 5.27. The molecule has 0 amide bonds. The Labute approximate surface area is 239 Å². The van der Waals surface area contributed by atoms with Crippen LogP contribution in [0.15, 0.2) is 22.8 Å². The fraction of sp³-hybridized carbons (Fsp3) is 0.690. The van der Waals surface area contributed by atoms with Crippen molar-refractivity contribution in [1.29, 1.82) is 0 Å². The van der Waals surface area contributed by atoms with Crippen molar-refractivity contribution >= 4 is 29.8 Å². The Hall–Kier alpha value is -3.25. The van der Waals surface area contributed by atoms with E-state index in [0.717, 1.165) is 20.8 Å². The molecule has 1 saturated carbocycles. The highest BCUT2D eigenvalue weighted by Gasteiger charge is 2.76. The number of ether oxygens (including phenoxy) is 5. The summed E-state index contributed by atoms with van der Waals surface area (Å²) in [4.78, 5) is 63.7. The van der Waals surface area contributed by atoms with Gasteiger partial charge < -0.3 is 33.9 Å². The first-order valence-electron chi connectivity index (χ1n) is 13.6. The van der Waals surface area contributed by atoms with Crippen LogP contribution in [-0.4, -0.2) is 81.3 Å². The van der Waals surface area contributed by atoms with Crippen LogP contribution in [0.1, 0.15) is 75.2 Å². The molecular weight excluding hydrogens is 540 g/mol. The van der Waals surface area contributed by atoms with Crippen molar-refractivity contribution in [2.45, 2.75) is 116 Å². The van der Waals surface area contributed by atoms with Crippen molar-refractivity contribution in [3.05, 3.63) is 22.8 Å². The van der Waals surface area contributed by atoms with E-state index < -0.39 is 89.3 Å². The summed E-state index contributed by atoms with van der Waals surface area (Å²) < 4.78 is 28.6. The Morgan fingerprint density at radius 1 is 1.07 bits per heavy atom. The normalized spacial score (nSPS) is 37.3. The van der Waals surface area contributed by atoms with Crippen LogP contribution >= 0.6 is 0 Å².